The van der Waals surface area contributed by atoms with E-state index in [0.717, 1.165) is 29.0 Å². The Morgan fingerprint density at radius 2 is 2.04 bits per heavy atom. The van der Waals surface area contributed by atoms with Crippen molar-refractivity contribution in [3.8, 4) is 5.75 Å². The van der Waals surface area contributed by atoms with Gasteiger partial charge in [0, 0.05) is 17.7 Å². The molecule has 1 atom stereocenters. The summed E-state index contributed by atoms with van der Waals surface area (Å²) in [7, 11) is 0. The average Bonchev–Trinajstić information content (AvgIpc) is 2.62. The van der Waals surface area contributed by atoms with Crippen molar-refractivity contribution in [2.24, 2.45) is 0 Å². The second-order valence-corrected chi connectivity index (χ2v) is 7.91. The highest BCUT2D eigenvalue weighted by Gasteiger charge is 2.33. The topological polar surface area (TPSA) is 59.6 Å². The molecule has 0 bridgehead atoms. The molecule has 6 heteroatoms. The molecule has 1 aliphatic heterocycles. The van der Waals surface area contributed by atoms with Gasteiger partial charge in [0.15, 0.2) is 5.11 Å². The number of carbonyl (C=O) groups is 1. The van der Waals surface area contributed by atoms with Gasteiger partial charge in [-0.3, -0.25) is 0 Å². The van der Waals surface area contributed by atoms with E-state index in [1.54, 1.807) is 19.1 Å². The van der Waals surface area contributed by atoms with Crippen LogP contribution in [0, 0.1) is 6.92 Å². The molecule has 0 unspecified atom stereocenters. The number of hydrogen-bond acceptors (Lipinski definition) is 4. The van der Waals surface area contributed by atoms with Gasteiger partial charge in [-0.15, -0.1) is 0 Å². The minimum Gasteiger partial charge on any atom is -0.487 e. The van der Waals surface area contributed by atoms with Crippen LogP contribution in [0.1, 0.15) is 54.7 Å². The third-order valence-corrected chi connectivity index (χ3v) is 4.89. The molecule has 2 aromatic carbocycles. The average molecular weight is 399 g/mol. The van der Waals surface area contributed by atoms with Crippen molar-refractivity contribution in [1.29, 1.82) is 0 Å². The standard InChI is InChI=1S/C22H26N2O3S/c1-5-26-20(25)15-10-11-17(14(2)12-15)23-21(28)24-18-13-22(3,4)27-19-9-7-6-8-16(18)19/h6-12,18H,5,13H2,1-4H3,(H2,23,24,28)/t18-/m0/s1. The number of para-hydroxylation sites is 1. The molecule has 0 aliphatic carbocycles. The zero-order valence-electron chi connectivity index (χ0n) is 16.7. The van der Waals surface area contributed by atoms with Gasteiger partial charge in [-0.25, -0.2) is 4.79 Å². The maximum absolute atomic E-state index is 11.9. The molecular formula is C22H26N2O3S. The van der Waals surface area contributed by atoms with Crippen LogP contribution in [0.25, 0.3) is 0 Å². The largest absolute Gasteiger partial charge is 0.487 e. The monoisotopic (exact) mass is 398 g/mol. The van der Waals surface area contributed by atoms with Gasteiger partial charge >= 0.3 is 5.97 Å². The Morgan fingerprint density at radius 1 is 1.29 bits per heavy atom. The molecule has 0 aromatic heterocycles. The number of anilines is 1. The Hall–Kier alpha value is -2.60. The second-order valence-electron chi connectivity index (χ2n) is 7.50. The fourth-order valence-corrected chi connectivity index (χ4v) is 3.65. The number of benzene rings is 2. The van der Waals surface area contributed by atoms with Gasteiger partial charge in [-0.05, 0) is 69.7 Å². The number of hydrogen-bond donors (Lipinski definition) is 2. The molecule has 5 nitrogen and oxygen atoms in total. The Bertz CT molecular complexity index is 895. The summed E-state index contributed by atoms with van der Waals surface area (Å²) in [6.07, 6.45) is 0.798. The van der Waals surface area contributed by atoms with Crippen molar-refractivity contribution >= 4 is 29.0 Å². The first kappa shape index (κ1) is 20.1. The predicted octanol–water partition coefficient (Wildman–Crippen LogP) is 4.76. The molecule has 0 saturated heterocycles. The molecule has 2 N–H and O–H groups in total. The first-order chi connectivity index (χ1) is 13.3. The summed E-state index contributed by atoms with van der Waals surface area (Å²) in [5, 5.41) is 7.19. The first-order valence-electron chi connectivity index (χ1n) is 9.42. The maximum Gasteiger partial charge on any atom is 0.338 e. The molecule has 1 aliphatic rings. The molecule has 0 fully saturated rings. The van der Waals surface area contributed by atoms with Crippen LogP contribution in [0.15, 0.2) is 42.5 Å². The lowest BCUT2D eigenvalue weighted by molar-refractivity contribution is 0.0526. The molecule has 2 aromatic rings. The van der Waals surface area contributed by atoms with Crippen molar-refractivity contribution in [3.63, 3.8) is 0 Å². The quantitative estimate of drug-likeness (QED) is 0.572. The first-order valence-corrected chi connectivity index (χ1v) is 9.83. The zero-order chi connectivity index (χ0) is 20.3. The Labute approximate surface area is 171 Å². The molecule has 28 heavy (non-hydrogen) atoms. The predicted molar refractivity (Wildman–Crippen MR) is 115 cm³/mol. The van der Waals surface area contributed by atoms with E-state index in [1.807, 2.05) is 31.2 Å². The van der Waals surface area contributed by atoms with Gasteiger partial charge in [0.25, 0.3) is 0 Å². The maximum atomic E-state index is 11.9. The lowest BCUT2D eigenvalue weighted by Gasteiger charge is -2.38. The van der Waals surface area contributed by atoms with E-state index in [4.69, 9.17) is 21.7 Å². The fourth-order valence-electron chi connectivity index (χ4n) is 3.39. The molecule has 0 radical (unpaired) electrons. The number of ether oxygens (including phenoxy) is 2. The molecule has 0 spiro atoms. The highest BCUT2D eigenvalue weighted by molar-refractivity contribution is 7.80. The third kappa shape index (κ3) is 4.62. The number of nitrogens with one attached hydrogen (secondary N) is 2. The molecule has 1 heterocycles. The summed E-state index contributed by atoms with van der Waals surface area (Å²) in [5.74, 6) is 0.563. The van der Waals surface area contributed by atoms with Gasteiger partial charge in [0.2, 0.25) is 0 Å². The molecule has 0 saturated carbocycles. The van der Waals surface area contributed by atoms with E-state index >= 15 is 0 Å². The van der Waals surface area contributed by atoms with Crippen molar-refractivity contribution in [1.82, 2.24) is 5.32 Å². The van der Waals surface area contributed by atoms with Gasteiger partial charge in [-0.1, -0.05) is 18.2 Å². The lowest BCUT2D eigenvalue weighted by Crippen LogP contribution is -2.42. The van der Waals surface area contributed by atoms with Crippen molar-refractivity contribution < 1.29 is 14.3 Å². The van der Waals surface area contributed by atoms with Crippen molar-refractivity contribution in [2.75, 3.05) is 11.9 Å². The van der Waals surface area contributed by atoms with Gasteiger partial charge in [-0.2, -0.15) is 0 Å². The van der Waals surface area contributed by atoms with Crippen molar-refractivity contribution in [3.05, 3.63) is 59.2 Å². The van der Waals surface area contributed by atoms with Gasteiger partial charge in [0.1, 0.15) is 11.4 Å². The molecular weight excluding hydrogens is 372 g/mol. The molecule has 0 amide bonds. The van der Waals surface area contributed by atoms with Crippen molar-refractivity contribution in [2.45, 2.75) is 45.8 Å². The summed E-state index contributed by atoms with van der Waals surface area (Å²) < 4.78 is 11.1. The number of fused-ring (bicyclic) bond motifs is 1. The number of esters is 1. The zero-order valence-corrected chi connectivity index (χ0v) is 17.5. The van der Waals surface area contributed by atoms with Crippen LogP contribution in [0.3, 0.4) is 0 Å². The normalized spacial score (nSPS) is 17.1. The number of carbonyl (C=O) groups excluding carboxylic acids is 1. The van der Waals surface area contributed by atoms with E-state index in [9.17, 15) is 4.79 Å². The second kappa shape index (κ2) is 8.19. The Balaban J connectivity index is 1.72. The summed E-state index contributed by atoms with van der Waals surface area (Å²) >= 11 is 5.55. The highest BCUT2D eigenvalue weighted by atomic mass is 32.1. The minimum atomic E-state index is -0.320. The summed E-state index contributed by atoms with van der Waals surface area (Å²) in [6, 6.07) is 13.5. The van der Waals surface area contributed by atoms with E-state index in [1.165, 1.54) is 0 Å². The van der Waals surface area contributed by atoms with Crippen LogP contribution in [0.4, 0.5) is 5.69 Å². The fraction of sp³-hybridized carbons (Fsp3) is 0.364. The lowest BCUT2D eigenvalue weighted by atomic mass is 9.90. The molecule has 3 rings (SSSR count). The number of aryl methyl sites for hydroxylation is 1. The Morgan fingerprint density at radius 3 is 2.75 bits per heavy atom. The van der Waals surface area contributed by atoms with Crippen LogP contribution < -0.4 is 15.4 Å². The SMILES string of the molecule is CCOC(=O)c1ccc(NC(=S)N[C@H]2CC(C)(C)Oc3ccccc32)c(C)c1. The third-order valence-electron chi connectivity index (χ3n) is 4.67. The van der Waals surface area contributed by atoms with E-state index < -0.39 is 0 Å². The van der Waals surface area contributed by atoms with E-state index in [0.29, 0.717) is 17.3 Å². The summed E-state index contributed by atoms with van der Waals surface area (Å²) in [5.41, 5.74) is 3.12. The molecule has 148 valence electrons. The van der Waals surface area contributed by atoms with Crippen LogP contribution in [0.5, 0.6) is 5.75 Å². The van der Waals surface area contributed by atoms with Crippen LogP contribution >= 0.6 is 12.2 Å². The van der Waals surface area contributed by atoms with Crippen LogP contribution in [-0.4, -0.2) is 23.3 Å². The minimum absolute atomic E-state index is 0.0547. The van der Waals surface area contributed by atoms with Gasteiger partial charge in [0.05, 0.1) is 18.2 Å². The van der Waals surface area contributed by atoms with E-state index in [-0.39, 0.29) is 17.6 Å². The summed E-state index contributed by atoms with van der Waals surface area (Å²) in [4.78, 5) is 11.9. The highest BCUT2D eigenvalue weighted by Crippen LogP contribution is 2.39. The van der Waals surface area contributed by atoms with E-state index in [2.05, 4.69) is 30.5 Å². The Kier molecular flexibility index (Phi) is 5.89. The van der Waals surface area contributed by atoms with Crippen LogP contribution in [0.2, 0.25) is 0 Å². The smallest absolute Gasteiger partial charge is 0.338 e. The summed E-state index contributed by atoms with van der Waals surface area (Å²) in [6.45, 7) is 8.23. The van der Waals surface area contributed by atoms with Gasteiger partial charge < -0.3 is 20.1 Å². The number of thiocarbonyl (C=S) groups is 1. The number of rotatable bonds is 4. The van der Waals surface area contributed by atoms with Crippen LogP contribution in [-0.2, 0) is 4.74 Å².